The molecule has 1 heterocycles. The summed E-state index contributed by atoms with van der Waals surface area (Å²) in [6.45, 7) is 10.1. The minimum atomic E-state index is 0.502. The van der Waals surface area contributed by atoms with E-state index in [1.165, 1.54) is 31.4 Å². The van der Waals surface area contributed by atoms with E-state index < -0.39 is 0 Å². The standard InChI is InChI=1S/C17H31N3/c1-5-14(4)20-11-10-15(19-20)12-18-17-9-7-6-8-16(17)13(2)3/h10-11,13-14,16-18H,5-9,12H2,1-4H3. The summed E-state index contributed by atoms with van der Waals surface area (Å²) in [5.74, 6) is 1.62. The van der Waals surface area contributed by atoms with Crippen molar-refractivity contribution in [1.82, 2.24) is 15.1 Å². The summed E-state index contributed by atoms with van der Waals surface area (Å²) < 4.78 is 2.10. The first-order valence-electron chi connectivity index (χ1n) is 8.39. The normalized spacial score (nSPS) is 25.1. The molecule has 0 amide bonds. The fourth-order valence-corrected chi connectivity index (χ4v) is 3.35. The minimum Gasteiger partial charge on any atom is -0.308 e. The monoisotopic (exact) mass is 277 g/mol. The Bertz CT molecular complexity index is 397. The lowest BCUT2D eigenvalue weighted by Gasteiger charge is -2.35. The Morgan fingerprint density at radius 1 is 1.30 bits per heavy atom. The lowest BCUT2D eigenvalue weighted by atomic mass is 9.78. The predicted molar refractivity (Wildman–Crippen MR) is 84.7 cm³/mol. The number of nitrogens with one attached hydrogen (secondary N) is 1. The Morgan fingerprint density at radius 3 is 2.75 bits per heavy atom. The topological polar surface area (TPSA) is 29.9 Å². The molecule has 0 aliphatic heterocycles. The quantitative estimate of drug-likeness (QED) is 0.846. The highest BCUT2D eigenvalue weighted by molar-refractivity contribution is 5.00. The number of hydrogen-bond donors (Lipinski definition) is 1. The van der Waals surface area contributed by atoms with Crippen molar-refractivity contribution in [2.45, 2.75) is 78.4 Å². The average molecular weight is 277 g/mol. The van der Waals surface area contributed by atoms with E-state index in [0.29, 0.717) is 12.1 Å². The molecule has 3 heteroatoms. The molecule has 3 unspecified atom stereocenters. The molecule has 3 nitrogen and oxygen atoms in total. The molecule has 1 aromatic rings. The summed E-state index contributed by atoms with van der Waals surface area (Å²) in [5, 5.41) is 8.45. The first kappa shape index (κ1) is 15.6. The Morgan fingerprint density at radius 2 is 2.05 bits per heavy atom. The van der Waals surface area contributed by atoms with Crippen LogP contribution in [0.4, 0.5) is 0 Å². The van der Waals surface area contributed by atoms with E-state index in [2.05, 4.69) is 55.1 Å². The molecule has 1 fully saturated rings. The van der Waals surface area contributed by atoms with Gasteiger partial charge in [0, 0.05) is 24.8 Å². The van der Waals surface area contributed by atoms with Crippen LogP contribution in [0.15, 0.2) is 12.3 Å². The van der Waals surface area contributed by atoms with Crippen molar-refractivity contribution >= 4 is 0 Å². The van der Waals surface area contributed by atoms with Gasteiger partial charge >= 0.3 is 0 Å². The molecular formula is C17H31N3. The molecule has 0 aromatic carbocycles. The van der Waals surface area contributed by atoms with Crippen molar-refractivity contribution in [3.8, 4) is 0 Å². The van der Waals surface area contributed by atoms with Crippen LogP contribution >= 0.6 is 0 Å². The van der Waals surface area contributed by atoms with Crippen molar-refractivity contribution in [1.29, 1.82) is 0 Å². The van der Waals surface area contributed by atoms with Gasteiger partial charge in [0.05, 0.1) is 5.69 Å². The molecule has 20 heavy (non-hydrogen) atoms. The minimum absolute atomic E-state index is 0.502. The number of hydrogen-bond acceptors (Lipinski definition) is 2. The molecule has 1 N–H and O–H groups in total. The van der Waals surface area contributed by atoms with E-state index in [0.717, 1.165) is 24.8 Å². The van der Waals surface area contributed by atoms with Crippen molar-refractivity contribution in [3.63, 3.8) is 0 Å². The highest BCUT2D eigenvalue weighted by atomic mass is 15.3. The third kappa shape index (κ3) is 3.85. The molecule has 0 radical (unpaired) electrons. The molecule has 0 spiro atoms. The lowest BCUT2D eigenvalue weighted by molar-refractivity contribution is 0.204. The van der Waals surface area contributed by atoms with Crippen LogP contribution in [0.25, 0.3) is 0 Å². The highest BCUT2D eigenvalue weighted by Crippen LogP contribution is 2.30. The number of aromatic nitrogens is 2. The zero-order valence-electron chi connectivity index (χ0n) is 13.6. The second kappa shape index (κ2) is 7.26. The second-order valence-electron chi connectivity index (χ2n) is 6.72. The first-order chi connectivity index (χ1) is 9.61. The molecule has 1 aliphatic carbocycles. The maximum atomic E-state index is 4.69. The van der Waals surface area contributed by atoms with Gasteiger partial charge in [-0.25, -0.2) is 0 Å². The van der Waals surface area contributed by atoms with Crippen LogP contribution in [-0.4, -0.2) is 15.8 Å². The maximum Gasteiger partial charge on any atom is 0.0762 e. The molecule has 1 saturated carbocycles. The SMILES string of the molecule is CCC(C)n1ccc(CNC2CCCCC2C(C)C)n1. The molecule has 2 rings (SSSR count). The molecule has 114 valence electrons. The van der Waals surface area contributed by atoms with Crippen LogP contribution in [0, 0.1) is 11.8 Å². The molecule has 1 aliphatic rings. The van der Waals surface area contributed by atoms with Gasteiger partial charge in [-0.1, -0.05) is 33.6 Å². The zero-order chi connectivity index (χ0) is 14.5. The summed E-state index contributed by atoms with van der Waals surface area (Å²) in [6.07, 6.45) is 8.75. The van der Waals surface area contributed by atoms with Gasteiger partial charge in [-0.2, -0.15) is 5.10 Å². The van der Waals surface area contributed by atoms with Crippen LogP contribution in [0.1, 0.15) is 71.5 Å². The van der Waals surface area contributed by atoms with Gasteiger partial charge < -0.3 is 5.32 Å². The Hall–Kier alpha value is -0.830. The summed E-state index contributed by atoms with van der Waals surface area (Å²) in [4.78, 5) is 0. The first-order valence-corrected chi connectivity index (χ1v) is 8.39. The van der Waals surface area contributed by atoms with E-state index in [-0.39, 0.29) is 0 Å². The van der Waals surface area contributed by atoms with E-state index in [1.807, 2.05) is 0 Å². The lowest BCUT2D eigenvalue weighted by Crippen LogP contribution is -2.40. The zero-order valence-corrected chi connectivity index (χ0v) is 13.6. The van der Waals surface area contributed by atoms with Gasteiger partial charge in [0.25, 0.3) is 0 Å². The van der Waals surface area contributed by atoms with Crippen LogP contribution in [0.5, 0.6) is 0 Å². The van der Waals surface area contributed by atoms with Crippen LogP contribution in [0.2, 0.25) is 0 Å². The van der Waals surface area contributed by atoms with Crippen molar-refractivity contribution in [2.75, 3.05) is 0 Å². The smallest absolute Gasteiger partial charge is 0.0762 e. The highest BCUT2D eigenvalue weighted by Gasteiger charge is 2.27. The van der Waals surface area contributed by atoms with Crippen LogP contribution in [0.3, 0.4) is 0 Å². The summed E-state index contributed by atoms with van der Waals surface area (Å²) in [5.41, 5.74) is 1.18. The molecular weight excluding hydrogens is 246 g/mol. The van der Waals surface area contributed by atoms with Gasteiger partial charge in [-0.15, -0.1) is 0 Å². The maximum absolute atomic E-state index is 4.69. The fraction of sp³-hybridized carbons (Fsp3) is 0.824. The van der Waals surface area contributed by atoms with Crippen molar-refractivity contribution in [3.05, 3.63) is 18.0 Å². The van der Waals surface area contributed by atoms with Crippen LogP contribution < -0.4 is 5.32 Å². The molecule has 0 bridgehead atoms. The third-order valence-corrected chi connectivity index (χ3v) is 4.93. The van der Waals surface area contributed by atoms with E-state index in [9.17, 15) is 0 Å². The molecule has 0 saturated heterocycles. The number of nitrogens with zero attached hydrogens (tertiary/aromatic N) is 2. The number of rotatable bonds is 6. The van der Waals surface area contributed by atoms with Gasteiger partial charge in [0.2, 0.25) is 0 Å². The van der Waals surface area contributed by atoms with E-state index >= 15 is 0 Å². The molecule has 3 atom stereocenters. The third-order valence-electron chi connectivity index (χ3n) is 4.93. The largest absolute Gasteiger partial charge is 0.308 e. The Kier molecular flexibility index (Phi) is 5.64. The van der Waals surface area contributed by atoms with E-state index in [1.54, 1.807) is 0 Å². The fourth-order valence-electron chi connectivity index (χ4n) is 3.35. The van der Waals surface area contributed by atoms with E-state index in [4.69, 9.17) is 0 Å². The molecule has 1 aromatic heterocycles. The Labute approximate surface area is 124 Å². The average Bonchev–Trinajstić information content (AvgIpc) is 2.93. The Balaban J connectivity index is 1.88. The summed E-state index contributed by atoms with van der Waals surface area (Å²) in [6, 6.07) is 3.34. The van der Waals surface area contributed by atoms with Gasteiger partial charge in [-0.05, 0) is 44.1 Å². The van der Waals surface area contributed by atoms with Crippen molar-refractivity contribution in [2.24, 2.45) is 11.8 Å². The summed E-state index contributed by atoms with van der Waals surface area (Å²) in [7, 11) is 0. The van der Waals surface area contributed by atoms with Crippen LogP contribution in [-0.2, 0) is 6.54 Å². The van der Waals surface area contributed by atoms with Crippen molar-refractivity contribution < 1.29 is 0 Å². The summed E-state index contributed by atoms with van der Waals surface area (Å²) >= 11 is 0. The second-order valence-corrected chi connectivity index (χ2v) is 6.72. The van der Waals surface area contributed by atoms with Gasteiger partial charge in [-0.3, -0.25) is 4.68 Å². The van der Waals surface area contributed by atoms with Gasteiger partial charge in [0.15, 0.2) is 0 Å². The predicted octanol–water partition coefficient (Wildman–Crippen LogP) is 4.16. The van der Waals surface area contributed by atoms with Gasteiger partial charge in [0.1, 0.15) is 0 Å².